The Morgan fingerprint density at radius 1 is 0.625 bits per heavy atom. The van der Waals surface area contributed by atoms with E-state index in [2.05, 4.69) is 50.5 Å². The Morgan fingerprint density at radius 3 is 1.39 bits per heavy atom. The number of carbonyl (C=O) groups excluding carboxylic acids is 2. The van der Waals surface area contributed by atoms with Gasteiger partial charge in [-0.1, -0.05) is 0 Å². The number of anilines is 6. The second-order valence-corrected chi connectivity index (χ2v) is 17.8. The maximum Gasteiger partial charge on any atom is 0.332 e. The van der Waals surface area contributed by atoms with E-state index in [0.29, 0.717) is 57.9 Å². The molecule has 0 atom stereocenters. The van der Waals surface area contributed by atoms with Crippen LogP contribution in [0.25, 0.3) is 22.3 Å². The number of aromatic nitrogens is 8. The lowest BCUT2D eigenvalue weighted by atomic mass is 10.2. The SMILES string of the molecule is CCOP(=O)(CCNC(=O)c1ccc(N(C)Cc2cnc3nc(N)nc(N)c3n2)cc1)OCC.CN(Cc1cnc2nc(N)nc(N)c2n1)c1ccc(C(=O)NCCP(=O)(O)O)cc1. The minimum Gasteiger partial charge on any atom is -0.382 e. The summed E-state index contributed by atoms with van der Waals surface area (Å²) >= 11 is 0. The number of amides is 2. The summed E-state index contributed by atoms with van der Waals surface area (Å²) in [5, 5.41) is 5.23. The molecule has 4 heterocycles. The van der Waals surface area contributed by atoms with Gasteiger partial charge in [-0.2, -0.15) is 19.9 Å². The van der Waals surface area contributed by atoms with E-state index in [-0.39, 0.29) is 61.9 Å². The van der Waals surface area contributed by atoms with Crippen LogP contribution in [0.2, 0.25) is 0 Å². The van der Waals surface area contributed by atoms with Gasteiger partial charge in [-0.05, 0) is 62.4 Å². The maximum absolute atomic E-state index is 12.5. The van der Waals surface area contributed by atoms with Crippen molar-refractivity contribution in [2.24, 2.45) is 0 Å². The topological polar surface area (TPSA) is 365 Å². The van der Waals surface area contributed by atoms with Crippen LogP contribution in [-0.2, 0) is 31.3 Å². The van der Waals surface area contributed by atoms with E-state index in [1.165, 1.54) is 0 Å². The lowest BCUT2D eigenvalue weighted by molar-refractivity contribution is 0.0947. The average Bonchev–Trinajstić information content (AvgIpc) is 3.24. The van der Waals surface area contributed by atoms with Crippen LogP contribution in [0.4, 0.5) is 34.9 Å². The van der Waals surface area contributed by atoms with Gasteiger partial charge in [0.15, 0.2) is 34.0 Å². The van der Waals surface area contributed by atoms with E-state index in [9.17, 15) is 18.7 Å². The highest BCUT2D eigenvalue weighted by Gasteiger charge is 2.23. The third kappa shape index (κ3) is 13.7. The number of hydrogen-bond acceptors (Lipinski definition) is 20. The van der Waals surface area contributed by atoms with Crippen LogP contribution in [0.15, 0.2) is 60.9 Å². The molecule has 2 amide bonds. The fourth-order valence-electron chi connectivity index (χ4n) is 5.91. The molecule has 0 saturated heterocycles. The molecule has 0 fully saturated rings. The highest BCUT2D eigenvalue weighted by molar-refractivity contribution is 7.53. The van der Waals surface area contributed by atoms with Crippen molar-refractivity contribution in [1.82, 2.24) is 50.5 Å². The van der Waals surface area contributed by atoms with Crippen LogP contribution in [0.1, 0.15) is 46.0 Å². The zero-order valence-corrected chi connectivity index (χ0v) is 37.2. The van der Waals surface area contributed by atoms with Crippen LogP contribution in [0, 0.1) is 0 Å². The average molecular weight is 921 g/mol. The van der Waals surface area contributed by atoms with Crippen LogP contribution >= 0.6 is 15.2 Å². The zero-order valence-electron chi connectivity index (χ0n) is 35.5. The number of nitrogens with two attached hydrogens (primary N) is 4. The monoisotopic (exact) mass is 920 g/mol. The molecule has 0 aliphatic rings. The molecular weight excluding hydrogens is 870 g/mol. The molecule has 0 aliphatic heterocycles. The van der Waals surface area contributed by atoms with Gasteiger partial charge in [-0.15, -0.1) is 0 Å². The predicted molar refractivity (Wildman–Crippen MR) is 242 cm³/mol. The van der Waals surface area contributed by atoms with Crippen molar-refractivity contribution < 1.29 is 37.6 Å². The number of fused-ring (bicyclic) bond motifs is 2. The summed E-state index contributed by atoms with van der Waals surface area (Å²) in [4.78, 5) is 79.3. The Bertz CT molecular complexity index is 2670. The molecule has 6 aromatic rings. The van der Waals surface area contributed by atoms with Gasteiger partial charge in [0.25, 0.3) is 11.8 Å². The number of nitrogen functional groups attached to an aromatic ring is 4. The van der Waals surface area contributed by atoms with Gasteiger partial charge >= 0.3 is 15.2 Å². The van der Waals surface area contributed by atoms with E-state index in [4.69, 9.17) is 41.8 Å². The number of benzene rings is 2. The Morgan fingerprint density at radius 2 is 1.02 bits per heavy atom. The number of carbonyl (C=O) groups is 2. The summed E-state index contributed by atoms with van der Waals surface area (Å²) in [5.74, 6) is -0.273. The largest absolute Gasteiger partial charge is 0.382 e. The van der Waals surface area contributed by atoms with E-state index in [1.807, 2.05) is 36.0 Å². The Kier molecular flexibility index (Phi) is 16.3. The normalized spacial score (nSPS) is 11.5. The Labute approximate surface area is 367 Å². The molecule has 24 nitrogen and oxygen atoms in total. The number of hydrogen-bond donors (Lipinski definition) is 8. The van der Waals surface area contributed by atoms with Crippen molar-refractivity contribution in [3.8, 4) is 0 Å². The fourth-order valence-corrected chi connectivity index (χ4v) is 7.81. The molecule has 6 rings (SSSR count). The fraction of sp³-hybridized carbons (Fsp3) is 0.316. The molecule has 0 unspecified atom stereocenters. The summed E-state index contributed by atoms with van der Waals surface area (Å²) in [6, 6.07) is 13.8. The standard InChI is InChI=1S/C21H29N8O4P.C17H21N8O4P/c1-4-32-34(31,33-5-2)11-10-24-20(30)14-6-8-16(9-7-14)29(3)13-15-12-25-19-17(26-15)18(22)27-21(23)28-19;1-25(9-11-8-21-15-13(22-11)14(18)23-17(19)24-15)12-4-2-10(3-5-12)16(26)20-6-7-30(27,28)29/h6-9,12H,4-5,10-11,13H2,1-3H3,(H,24,30)(H4,22,23,25,27,28);2-5,8H,6-7,9H2,1H3,(H,20,26)(H2,27,28,29)(H4,18,19,21,23,24). The van der Waals surface area contributed by atoms with Gasteiger partial charge in [0.1, 0.15) is 0 Å². The highest BCUT2D eigenvalue weighted by Crippen LogP contribution is 2.47. The molecule has 0 spiro atoms. The third-order valence-electron chi connectivity index (χ3n) is 8.95. The minimum atomic E-state index is -4.14. The first-order valence-electron chi connectivity index (χ1n) is 19.6. The molecule has 0 radical (unpaired) electrons. The van der Waals surface area contributed by atoms with Gasteiger partial charge in [-0.3, -0.25) is 18.7 Å². The van der Waals surface area contributed by atoms with Gasteiger partial charge < -0.3 is 62.2 Å². The summed E-state index contributed by atoms with van der Waals surface area (Å²) in [6.45, 7) is 4.98. The number of nitrogens with one attached hydrogen (secondary N) is 2. The molecule has 64 heavy (non-hydrogen) atoms. The number of nitrogens with zero attached hydrogens (tertiary/aromatic N) is 10. The quantitative estimate of drug-likeness (QED) is 0.0573. The first-order valence-corrected chi connectivity index (χ1v) is 23.1. The Hall–Kier alpha value is -6.68. The van der Waals surface area contributed by atoms with Crippen molar-refractivity contribution in [2.75, 3.05) is 85.5 Å². The summed E-state index contributed by atoms with van der Waals surface area (Å²) in [7, 11) is -3.60. The predicted octanol–water partition coefficient (Wildman–Crippen LogP) is 2.34. The molecule has 12 N–H and O–H groups in total. The van der Waals surface area contributed by atoms with Gasteiger partial charge in [0.05, 0.1) is 62.4 Å². The lowest BCUT2D eigenvalue weighted by Crippen LogP contribution is -2.27. The van der Waals surface area contributed by atoms with Crippen molar-refractivity contribution in [3.63, 3.8) is 0 Å². The number of rotatable bonds is 18. The first kappa shape index (κ1) is 48.4. The van der Waals surface area contributed by atoms with Crippen molar-refractivity contribution in [3.05, 3.63) is 83.4 Å². The van der Waals surface area contributed by atoms with E-state index < -0.39 is 27.3 Å². The van der Waals surface area contributed by atoms with E-state index in [1.54, 1.807) is 62.6 Å². The van der Waals surface area contributed by atoms with Crippen LogP contribution in [-0.4, -0.2) is 114 Å². The summed E-state index contributed by atoms with van der Waals surface area (Å²) in [6.07, 6.45) is 2.88. The molecule has 2 aromatic carbocycles. The lowest BCUT2D eigenvalue weighted by Gasteiger charge is -2.19. The molecule has 4 aromatic heterocycles. The summed E-state index contributed by atoms with van der Waals surface area (Å²) < 4.78 is 33.8. The van der Waals surface area contributed by atoms with Crippen LogP contribution in [0.3, 0.4) is 0 Å². The molecule has 340 valence electrons. The van der Waals surface area contributed by atoms with Crippen LogP contribution < -0.4 is 43.4 Å². The molecule has 0 bridgehead atoms. The molecule has 0 aliphatic carbocycles. The zero-order chi connectivity index (χ0) is 46.6. The van der Waals surface area contributed by atoms with E-state index in [0.717, 1.165) is 11.4 Å². The van der Waals surface area contributed by atoms with Gasteiger partial charge in [-0.25, -0.2) is 19.9 Å². The third-order valence-corrected chi connectivity index (χ3v) is 11.8. The molecular formula is C38H50N16O8P2. The van der Waals surface area contributed by atoms with Crippen molar-refractivity contribution in [1.29, 1.82) is 0 Å². The van der Waals surface area contributed by atoms with Gasteiger partial charge in [0.2, 0.25) is 11.9 Å². The second kappa shape index (κ2) is 21.6. The minimum absolute atomic E-state index is 0.0324. The smallest absolute Gasteiger partial charge is 0.332 e. The van der Waals surface area contributed by atoms with Crippen molar-refractivity contribution >= 4 is 84.2 Å². The highest BCUT2D eigenvalue weighted by atomic mass is 31.2. The van der Waals surface area contributed by atoms with E-state index >= 15 is 0 Å². The Balaban J connectivity index is 0.000000243. The second-order valence-electron chi connectivity index (χ2n) is 13.9. The maximum atomic E-state index is 12.5. The van der Waals surface area contributed by atoms with Crippen molar-refractivity contribution in [2.45, 2.75) is 26.9 Å². The van der Waals surface area contributed by atoms with Crippen LogP contribution in [0.5, 0.6) is 0 Å². The summed E-state index contributed by atoms with van der Waals surface area (Å²) in [5.41, 5.74) is 28.2. The van der Waals surface area contributed by atoms with Gasteiger partial charge in [0, 0.05) is 49.7 Å². The first-order chi connectivity index (χ1) is 30.4. The molecule has 26 heteroatoms. The molecule has 0 saturated carbocycles.